The summed E-state index contributed by atoms with van der Waals surface area (Å²) in [5.41, 5.74) is 5.04. The van der Waals surface area contributed by atoms with Crippen LogP contribution in [0.2, 0.25) is 0 Å². The highest BCUT2D eigenvalue weighted by atomic mass is 127. The Morgan fingerprint density at radius 2 is 2.21 bits per heavy atom. The van der Waals surface area contributed by atoms with Crippen LogP contribution in [0.5, 0.6) is 0 Å². The number of halogens is 1. The smallest absolute Gasteiger partial charge is 0.229 e. The van der Waals surface area contributed by atoms with Gasteiger partial charge in [-0.05, 0) is 25.3 Å². The lowest BCUT2D eigenvalue weighted by atomic mass is 10.0. The first-order valence-corrected chi connectivity index (χ1v) is 11.3. The summed E-state index contributed by atoms with van der Waals surface area (Å²) in [6.45, 7) is 2.01. The van der Waals surface area contributed by atoms with Crippen molar-refractivity contribution in [2.75, 3.05) is 5.32 Å². The van der Waals surface area contributed by atoms with Gasteiger partial charge >= 0.3 is 0 Å². The first-order valence-electron chi connectivity index (χ1n) is 9.00. The van der Waals surface area contributed by atoms with Gasteiger partial charge < -0.3 is 5.32 Å². The predicted molar refractivity (Wildman–Crippen MR) is 118 cm³/mol. The number of amides is 1. The average molecular weight is 504 g/mol. The Kier molecular flexibility index (Phi) is 4.43. The number of carbonyl (C=O) groups excluding carboxylic acids is 1. The molecule has 1 aromatic carbocycles. The third-order valence-electron chi connectivity index (χ3n) is 4.87. The lowest BCUT2D eigenvalue weighted by Gasteiger charge is -2.10. The minimum absolute atomic E-state index is 0.0565. The fourth-order valence-electron chi connectivity index (χ4n) is 3.26. The summed E-state index contributed by atoms with van der Waals surface area (Å²) in [4.78, 5) is 21.1. The maximum atomic E-state index is 12.1. The van der Waals surface area contributed by atoms with Crippen LogP contribution in [0.1, 0.15) is 24.1 Å². The molecular formula is C19H17IN6OS. The van der Waals surface area contributed by atoms with E-state index in [0.29, 0.717) is 10.8 Å². The van der Waals surface area contributed by atoms with E-state index in [9.17, 15) is 4.79 Å². The van der Waals surface area contributed by atoms with Crippen LogP contribution >= 0.6 is 33.9 Å². The van der Waals surface area contributed by atoms with Gasteiger partial charge in [-0.2, -0.15) is 5.10 Å². The molecule has 3 aromatic heterocycles. The average Bonchev–Trinajstić information content (AvgIpc) is 3.24. The van der Waals surface area contributed by atoms with Gasteiger partial charge in [-0.25, -0.2) is 9.97 Å². The Labute approximate surface area is 178 Å². The molecule has 1 amide bonds. The number of hydrogen-bond donors (Lipinski definition) is 2. The molecule has 4 aromatic rings. The minimum atomic E-state index is 0.0565. The van der Waals surface area contributed by atoms with Crippen molar-refractivity contribution >= 4 is 55.3 Å². The van der Waals surface area contributed by atoms with Crippen molar-refractivity contribution in [3.63, 3.8) is 0 Å². The molecule has 0 aliphatic heterocycles. The zero-order valence-corrected chi connectivity index (χ0v) is 18.0. The number of aromatic nitrogens is 5. The summed E-state index contributed by atoms with van der Waals surface area (Å²) < 4.78 is 3.81. The van der Waals surface area contributed by atoms with E-state index in [-0.39, 0.29) is 11.8 Å². The van der Waals surface area contributed by atoms with Crippen LogP contribution in [0.4, 0.5) is 5.13 Å². The zero-order valence-electron chi connectivity index (χ0n) is 15.1. The van der Waals surface area contributed by atoms with Gasteiger partial charge in [-0.3, -0.25) is 14.5 Å². The molecule has 0 spiro atoms. The van der Waals surface area contributed by atoms with Gasteiger partial charge in [0.1, 0.15) is 11.0 Å². The second kappa shape index (κ2) is 6.96. The van der Waals surface area contributed by atoms with Crippen LogP contribution in [-0.4, -0.2) is 30.6 Å². The second-order valence-electron chi connectivity index (χ2n) is 6.85. The molecule has 7 nitrogen and oxygen atoms in total. The van der Waals surface area contributed by atoms with Crippen molar-refractivity contribution in [2.45, 2.75) is 24.2 Å². The van der Waals surface area contributed by atoms with Crippen molar-refractivity contribution in [3.05, 3.63) is 41.9 Å². The largest absolute Gasteiger partial charge is 0.302 e. The standard InChI is InChI=1S/C19H17IN6OS/c1-10-14(13-5-3-2-4-12(13)8-20)26(9-21-10)17-15-16(24-25-17)22-19(28-15)23-18(27)11-6-7-11/h2-5,9,11H,6-8H2,1H3,(H2,22,23,24,25,27). The fraction of sp³-hybridized carbons (Fsp3) is 0.263. The highest BCUT2D eigenvalue weighted by Gasteiger charge is 2.30. The Hall–Kier alpha value is -2.27. The van der Waals surface area contributed by atoms with E-state index in [2.05, 4.69) is 66.3 Å². The normalized spacial score (nSPS) is 13.9. The number of aryl methyl sites for hydroxylation is 1. The number of H-pyrrole nitrogens is 1. The highest BCUT2D eigenvalue weighted by Crippen LogP contribution is 2.36. The number of fused-ring (bicyclic) bond motifs is 1. The van der Waals surface area contributed by atoms with Crippen LogP contribution < -0.4 is 5.32 Å². The van der Waals surface area contributed by atoms with E-state index in [4.69, 9.17) is 0 Å². The number of imidazole rings is 1. The first kappa shape index (κ1) is 17.8. The summed E-state index contributed by atoms with van der Waals surface area (Å²) in [5.74, 6) is 0.951. The molecule has 1 fully saturated rings. The quantitative estimate of drug-likeness (QED) is 0.310. The van der Waals surface area contributed by atoms with Crippen molar-refractivity contribution in [2.24, 2.45) is 5.92 Å². The number of benzene rings is 1. The van der Waals surface area contributed by atoms with Crippen LogP contribution in [0.3, 0.4) is 0 Å². The molecular weight excluding hydrogens is 487 g/mol. The van der Waals surface area contributed by atoms with Gasteiger partial charge in [0.2, 0.25) is 5.91 Å². The van der Waals surface area contributed by atoms with Crippen molar-refractivity contribution < 1.29 is 4.79 Å². The monoisotopic (exact) mass is 504 g/mol. The first-order chi connectivity index (χ1) is 13.7. The molecule has 9 heteroatoms. The molecule has 0 bridgehead atoms. The number of anilines is 1. The molecule has 5 rings (SSSR count). The van der Waals surface area contributed by atoms with E-state index in [1.165, 1.54) is 16.9 Å². The highest BCUT2D eigenvalue weighted by molar-refractivity contribution is 14.1. The number of carbonyl (C=O) groups is 1. The zero-order chi connectivity index (χ0) is 19.3. The number of aromatic amines is 1. The van der Waals surface area contributed by atoms with E-state index >= 15 is 0 Å². The summed E-state index contributed by atoms with van der Waals surface area (Å²) in [7, 11) is 0. The lowest BCUT2D eigenvalue weighted by Crippen LogP contribution is -2.12. The molecule has 1 aliphatic carbocycles. The van der Waals surface area contributed by atoms with E-state index in [1.54, 1.807) is 6.33 Å². The minimum Gasteiger partial charge on any atom is -0.302 e. The summed E-state index contributed by atoms with van der Waals surface area (Å²) in [6.07, 6.45) is 3.73. The van der Waals surface area contributed by atoms with Gasteiger partial charge in [0.15, 0.2) is 16.6 Å². The predicted octanol–water partition coefficient (Wildman–Crippen LogP) is 4.46. The SMILES string of the molecule is Cc1ncn(-c2n[nH]c3nc(NC(=O)C4CC4)sc23)c1-c1ccccc1CI. The molecule has 3 heterocycles. The molecule has 0 radical (unpaired) electrons. The van der Waals surface area contributed by atoms with Crippen molar-refractivity contribution in [3.8, 4) is 17.1 Å². The van der Waals surface area contributed by atoms with Gasteiger partial charge in [0, 0.05) is 15.9 Å². The molecule has 1 saturated carbocycles. The number of nitrogens with one attached hydrogen (secondary N) is 2. The number of nitrogens with zero attached hydrogens (tertiary/aromatic N) is 4. The van der Waals surface area contributed by atoms with Gasteiger partial charge in [0.25, 0.3) is 0 Å². The van der Waals surface area contributed by atoms with Crippen molar-refractivity contribution in [1.82, 2.24) is 24.7 Å². The van der Waals surface area contributed by atoms with Gasteiger partial charge in [0.05, 0.1) is 11.4 Å². The number of rotatable bonds is 5. The number of alkyl halides is 1. The Morgan fingerprint density at radius 1 is 1.39 bits per heavy atom. The van der Waals surface area contributed by atoms with Gasteiger partial charge in [-0.15, -0.1) is 0 Å². The fourth-order valence-corrected chi connectivity index (χ4v) is 4.83. The number of hydrogen-bond acceptors (Lipinski definition) is 5. The van der Waals surface area contributed by atoms with Crippen LogP contribution in [-0.2, 0) is 9.22 Å². The molecule has 1 aliphatic rings. The number of thiazole rings is 1. The summed E-state index contributed by atoms with van der Waals surface area (Å²) in [5, 5.41) is 11.0. The van der Waals surface area contributed by atoms with Crippen LogP contribution in [0.25, 0.3) is 27.4 Å². The second-order valence-corrected chi connectivity index (χ2v) is 8.61. The van der Waals surface area contributed by atoms with Crippen LogP contribution in [0.15, 0.2) is 30.6 Å². The van der Waals surface area contributed by atoms with Crippen molar-refractivity contribution in [1.29, 1.82) is 0 Å². The van der Waals surface area contributed by atoms with E-state index in [1.807, 2.05) is 17.6 Å². The molecule has 0 atom stereocenters. The summed E-state index contributed by atoms with van der Waals surface area (Å²) in [6, 6.07) is 8.35. The molecule has 2 N–H and O–H groups in total. The molecule has 0 unspecified atom stereocenters. The lowest BCUT2D eigenvalue weighted by molar-refractivity contribution is -0.117. The van der Waals surface area contributed by atoms with E-state index in [0.717, 1.165) is 44.7 Å². The topological polar surface area (TPSA) is 88.5 Å². The molecule has 142 valence electrons. The third-order valence-corrected chi connectivity index (χ3v) is 6.66. The van der Waals surface area contributed by atoms with Gasteiger partial charge in [-0.1, -0.05) is 58.2 Å². The summed E-state index contributed by atoms with van der Waals surface area (Å²) >= 11 is 3.82. The maximum absolute atomic E-state index is 12.1. The van der Waals surface area contributed by atoms with Crippen LogP contribution in [0, 0.1) is 12.8 Å². The Balaban J connectivity index is 1.59. The Morgan fingerprint density at radius 3 is 3.00 bits per heavy atom. The third kappa shape index (κ3) is 3.02. The molecule has 28 heavy (non-hydrogen) atoms. The maximum Gasteiger partial charge on any atom is 0.229 e. The van der Waals surface area contributed by atoms with E-state index < -0.39 is 0 Å². The Bertz CT molecular complexity index is 1190. The molecule has 0 saturated heterocycles.